The standard InChI is InChI=1S/C24H31NO4/c1-3-27-22-11-6-7-12-23(22)29-20-14-16-25(17-15-20)24(26)13-8-18-28-21-10-5-4-9-19(21)2/h4-7,9-12,20H,3,8,13-18H2,1-2H3. The molecule has 0 saturated carbocycles. The van der Waals surface area contributed by atoms with Gasteiger partial charge in [0.25, 0.3) is 0 Å². The molecule has 0 N–H and O–H groups in total. The van der Waals surface area contributed by atoms with Crippen molar-refractivity contribution in [2.75, 3.05) is 26.3 Å². The number of hydrogen-bond donors (Lipinski definition) is 0. The Morgan fingerprint density at radius 3 is 2.31 bits per heavy atom. The van der Waals surface area contributed by atoms with Crippen molar-refractivity contribution in [2.45, 2.75) is 45.6 Å². The molecule has 29 heavy (non-hydrogen) atoms. The lowest BCUT2D eigenvalue weighted by Crippen LogP contribution is -2.41. The molecule has 0 aliphatic carbocycles. The van der Waals surface area contributed by atoms with Crippen molar-refractivity contribution in [1.82, 2.24) is 4.90 Å². The zero-order valence-electron chi connectivity index (χ0n) is 17.4. The van der Waals surface area contributed by atoms with Crippen LogP contribution in [0.25, 0.3) is 0 Å². The number of ether oxygens (including phenoxy) is 3. The van der Waals surface area contributed by atoms with E-state index in [4.69, 9.17) is 14.2 Å². The Balaban J connectivity index is 1.38. The van der Waals surface area contributed by atoms with Crippen LogP contribution in [0.15, 0.2) is 48.5 Å². The molecule has 1 aliphatic heterocycles. The zero-order valence-corrected chi connectivity index (χ0v) is 17.4. The first-order valence-electron chi connectivity index (χ1n) is 10.5. The molecule has 2 aromatic carbocycles. The maximum Gasteiger partial charge on any atom is 0.222 e. The summed E-state index contributed by atoms with van der Waals surface area (Å²) in [4.78, 5) is 14.4. The van der Waals surface area contributed by atoms with Crippen LogP contribution in [-0.4, -0.2) is 43.2 Å². The molecule has 0 aromatic heterocycles. The number of amides is 1. The first-order chi connectivity index (χ1) is 14.2. The number of likely N-dealkylation sites (tertiary alicyclic amines) is 1. The number of carbonyl (C=O) groups excluding carboxylic acids is 1. The lowest BCUT2D eigenvalue weighted by Gasteiger charge is -2.32. The molecule has 156 valence electrons. The number of nitrogens with zero attached hydrogens (tertiary/aromatic N) is 1. The normalized spacial score (nSPS) is 14.5. The maximum atomic E-state index is 12.5. The van der Waals surface area contributed by atoms with Crippen molar-refractivity contribution in [3.05, 3.63) is 54.1 Å². The Bertz CT molecular complexity index is 784. The first kappa shape index (κ1) is 21.0. The van der Waals surface area contributed by atoms with Crippen LogP contribution in [0.5, 0.6) is 17.2 Å². The van der Waals surface area contributed by atoms with E-state index in [9.17, 15) is 4.79 Å². The Morgan fingerprint density at radius 1 is 0.966 bits per heavy atom. The van der Waals surface area contributed by atoms with Crippen LogP contribution in [0.2, 0.25) is 0 Å². The number of aryl methyl sites for hydroxylation is 1. The van der Waals surface area contributed by atoms with E-state index < -0.39 is 0 Å². The predicted molar refractivity (Wildman–Crippen MR) is 114 cm³/mol. The summed E-state index contributed by atoms with van der Waals surface area (Å²) in [6.45, 7) is 6.63. The molecule has 0 bridgehead atoms. The van der Waals surface area contributed by atoms with Gasteiger partial charge in [-0.2, -0.15) is 0 Å². The summed E-state index contributed by atoms with van der Waals surface area (Å²) in [7, 11) is 0. The Hall–Kier alpha value is -2.69. The molecule has 0 atom stereocenters. The average molecular weight is 398 g/mol. The molecule has 1 heterocycles. The van der Waals surface area contributed by atoms with Crippen LogP contribution in [-0.2, 0) is 4.79 Å². The van der Waals surface area contributed by atoms with Gasteiger partial charge in [-0.1, -0.05) is 30.3 Å². The summed E-state index contributed by atoms with van der Waals surface area (Å²) in [5.74, 6) is 2.66. The third-order valence-corrected chi connectivity index (χ3v) is 5.12. The number of benzene rings is 2. The molecule has 1 saturated heterocycles. The van der Waals surface area contributed by atoms with E-state index >= 15 is 0 Å². The monoisotopic (exact) mass is 397 g/mol. The third kappa shape index (κ3) is 6.14. The molecular weight excluding hydrogens is 366 g/mol. The fraction of sp³-hybridized carbons (Fsp3) is 0.458. The van der Waals surface area contributed by atoms with E-state index in [0.29, 0.717) is 19.6 Å². The van der Waals surface area contributed by atoms with Crippen molar-refractivity contribution in [3.8, 4) is 17.2 Å². The predicted octanol–water partition coefficient (Wildman–Crippen LogP) is 4.62. The smallest absolute Gasteiger partial charge is 0.222 e. The van der Waals surface area contributed by atoms with Crippen LogP contribution in [0, 0.1) is 6.92 Å². The topological polar surface area (TPSA) is 48.0 Å². The SMILES string of the molecule is CCOc1ccccc1OC1CCN(C(=O)CCCOc2ccccc2C)CC1. The van der Waals surface area contributed by atoms with E-state index in [-0.39, 0.29) is 12.0 Å². The molecular formula is C24H31NO4. The van der Waals surface area contributed by atoms with E-state index in [0.717, 1.165) is 55.2 Å². The molecule has 5 heteroatoms. The van der Waals surface area contributed by atoms with Crippen LogP contribution in [0.3, 0.4) is 0 Å². The second-order valence-corrected chi connectivity index (χ2v) is 7.30. The number of hydrogen-bond acceptors (Lipinski definition) is 4. The Kier molecular flexibility index (Phi) is 7.79. The third-order valence-electron chi connectivity index (χ3n) is 5.12. The molecule has 3 rings (SSSR count). The van der Waals surface area contributed by atoms with Gasteiger partial charge >= 0.3 is 0 Å². The highest BCUT2D eigenvalue weighted by atomic mass is 16.5. The number of piperidine rings is 1. The lowest BCUT2D eigenvalue weighted by atomic mass is 10.1. The first-order valence-corrected chi connectivity index (χ1v) is 10.5. The fourth-order valence-corrected chi connectivity index (χ4v) is 3.51. The molecule has 0 spiro atoms. The van der Waals surface area contributed by atoms with Gasteiger partial charge < -0.3 is 19.1 Å². The van der Waals surface area contributed by atoms with Gasteiger partial charge in [0.05, 0.1) is 13.2 Å². The molecule has 5 nitrogen and oxygen atoms in total. The van der Waals surface area contributed by atoms with Gasteiger partial charge in [-0.15, -0.1) is 0 Å². The van der Waals surface area contributed by atoms with Crippen LogP contribution < -0.4 is 14.2 Å². The summed E-state index contributed by atoms with van der Waals surface area (Å²) in [5.41, 5.74) is 1.12. The molecule has 0 unspecified atom stereocenters. The largest absolute Gasteiger partial charge is 0.493 e. The van der Waals surface area contributed by atoms with Crippen LogP contribution in [0.1, 0.15) is 38.2 Å². The Morgan fingerprint density at radius 2 is 1.62 bits per heavy atom. The number of rotatable bonds is 9. The second-order valence-electron chi connectivity index (χ2n) is 7.30. The van der Waals surface area contributed by atoms with Crippen molar-refractivity contribution in [1.29, 1.82) is 0 Å². The van der Waals surface area contributed by atoms with Gasteiger partial charge in [-0.25, -0.2) is 0 Å². The minimum Gasteiger partial charge on any atom is -0.493 e. The summed E-state index contributed by atoms with van der Waals surface area (Å²) >= 11 is 0. The van der Waals surface area contributed by atoms with Gasteiger partial charge in [0.2, 0.25) is 5.91 Å². The summed E-state index contributed by atoms with van der Waals surface area (Å²) in [5, 5.41) is 0. The van der Waals surface area contributed by atoms with E-state index in [1.807, 2.05) is 67.3 Å². The van der Waals surface area contributed by atoms with Gasteiger partial charge in [0.15, 0.2) is 11.5 Å². The fourth-order valence-electron chi connectivity index (χ4n) is 3.51. The summed E-state index contributed by atoms with van der Waals surface area (Å²) in [6.07, 6.45) is 3.04. The second kappa shape index (κ2) is 10.7. The minimum atomic E-state index is 0.116. The molecule has 1 fully saturated rings. The van der Waals surface area contributed by atoms with E-state index in [2.05, 4.69) is 0 Å². The van der Waals surface area contributed by atoms with Crippen molar-refractivity contribution >= 4 is 5.91 Å². The van der Waals surface area contributed by atoms with E-state index in [1.54, 1.807) is 0 Å². The number of para-hydroxylation sites is 3. The molecule has 1 aliphatic rings. The van der Waals surface area contributed by atoms with Crippen molar-refractivity contribution < 1.29 is 19.0 Å². The van der Waals surface area contributed by atoms with Crippen LogP contribution in [0.4, 0.5) is 0 Å². The maximum absolute atomic E-state index is 12.5. The van der Waals surface area contributed by atoms with E-state index in [1.165, 1.54) is 0 Å². The highest BCUT2D eigenvalue weighted by Gasteiger charge is 2.24. The number of carbonyl (C=O) groups is 1. The minimum absolute atomic E-state index is 0.116. The van der Waals surface area contributed by atoms with Gasteiger partial charge in [0.1, 0.15) is 11.9 Å². The molecule has 1 amide bonds. The Labute approximate surface area is 173 Å². The highest BCUT2D eigenvalue weighted by molar-refractivity contribution is 5.76. The highest BCUT2D eigenvalue weighted by Crippen LogP contribution is 2.29. The van der Waals surface area contributed by atoms with Crippen LogP contribution >= 0.6 is 0 Å². The van der Waals surface area contributed by atoms with Gasteiger partial charge in [0, 0.05) is 32.4 Å². The zero-order chi connectivity index (χ0) is 20.5. The average Bonchev–Trinajstić information content (AvgIpc) is 2.74. The van der Waals surface area contributed by atoms with Gasteiger partial charge in [-0.3, -0.25) is 4.79 Å². The van der Waals surface area contributed by atoms with Gasteiger partial charge in [-0.05, 0) is 44.0 Å². The quantitative estimate of drug-likeness (QED) is 0.579. The molecule has 0 radical (unpaired) electrons. The van der Waals surface area contributed by atoms with Crippen molar-refractivity contribution in [2.24, 2.45) is 0 Å². The summed E-state index contributed by atoms with van der Waals surface area (Å²) in [6, 6.07) is 15.7. The summed E-state index contributed by atoms with van der Waals surface area (Å²) < 4.78 is 17.6. The van der Waals surface area contributed by atoms with Crippen molar-refractivity contribution in [3.63, 3.8) is 0 Å². The molecule has 2 aromatic rings. The lowest BCUT2D eigenvalue weighted by molar-refractivity contribution is -0.133.